The summed E-state index contributed by atoms with van der Waals surface area (Å²) < 4.78 is 13.6. The van der Waals surface area contributed by atoms with Crippen molar-refractivity contribution in [2.75, 3.05) is 11.9 Å². The highest BCUT2D eigenvalue weighted by Gasteiger charge is 2.33. The highest BCUT2D eigenvalue weighted by molar-refractivity contribution is 5.96. The van der Waals surface area contributed by atoms with Crippen LogP contribution in [-0.2, 0) is 11.2 Å². The van der Waals surface area contributed by atoms with Crippen LogP contribution < -0.4 is 4.90 Å². The van der Waals surface area contributed by atoms with Gasteiger partial charge in [0.2, 0.25) is 5.91 Å². The fourth-order valence-electron chi connectivity index (χ4n) is 1.76. The normalized spacial score (nSPS) is 13.6. The average Bonchev–Trinajstić information content (AvgIpc) is 3.24. The molecule has 0 heterocycles. The van der Waals surface area contributed by atoms with Gasteiger partial charge in [0.05, 0.1) is 5.69 Å². The summed E-state index contributed by atoms with van der Waals surface area (Å²) in [7, 11) is 1.65. The maximum atomic E-state index is 13.6. The summed E-state index contributed by atoms with van der Waals surface area (Å²) in [5, 5.41) is 0. The minimum Gasteiger partial charge on any atom is -0.313 e. The van der Waals surface area contributed by atoms with Crippen LogP contribution in [-0.4, -0.2) is 13.0 Å². The second-order valence-corrected chi connectivity index (χ2v) is 4.31. The molecule has 1 saturated carbocycles. The van der Waals surface area contributed by atoms with Gasteiger partial charge < -0.3 is 4.90 Å². The molecule has 100 valence electrons. The number of hydrogen-bond donors (Lipinski definition) is 0. The summed E-state index contributed by atoms with van der Waals surface area (Å²) in [5.41, 5.74) is 1.45. The van der Waals surface area contributed by atoms with E-state index in [2.05, 4.69) is 0 Å². The van der Waals surface area contributed by atoms with Gasteiger partial charge in [-0.2, -0.15) is 0 Å². The second-order valence-electron chi connectivity index (χ2n) is 4.31. The molecule has 1 aromatic rings. The number of rotatable bonds is 3. The average molecular weight is 251 g/mol. The van der Waals surface area contributed by atoms with Crippen LogP contribution in [0.3, 0.4) is 0 Å². The van der Waals surface area contributed by atoms with Crippen molar-refractivity contribution in [2.45, 2.75) is 40.0 Å². The standard InChI is InChI=1S/C13H16FNO.C2H6/c1-3-9-4-7-11(14)12(8-9)15(2)13(16)10-5-6-10;1-2/h4,7-8,10H,3,5-6H2,1-2H3;1-2H3. The molecule has 0 aliphatic heterocycles. The minimum absolute atomic E-state index is 0.0344. The minimum atomic E-state index is -0.325. The second kappa shape index (κ2) is 6.53. The Kier molecular flexibility index (Phi) is 5.32. The van der Waals surface area contributed by atoms with Gasteiger partial charge in [0, 0.05) is 13.0 Å². The first-order valence-electron chi connectivity index (χ1n) is 6.69. The van der Waals surface area contributed by atoms with Crippen LogP contribution in [0.1, 0.15) is 39.2 Å². The molecule has 0 unspecified atom stereocenters. The first-order chi connectivity index (χ1) is 8.63. The van der Waals surface area contributed by atoms with Gasteiger partial charge >= 0.3 is 0 Å². The SMILES string of the molecule is CC.CCc1ccc(F)c(N(C)C(=O)C2CC2)c1. The summed E-state index contributed by atoms with van der Waals surface area (Å²) in [4.78, 5) is 13.3. The molecular formula is C15H22FNO. The first kappa shape index (κ1) is 14.7. The number of halogens is 1. The molecule has 0 saturated heterocycles. The molecule has 0 atom stereocenters. The lowest BCUT2D eigenvalue weighted by atomic mass is 10.1. The number of carbonyl (C=O) groups excluding carboxylic acids is 1. The summed E-state index contributed by atoms with van der Waals surface area (Å²) in [6.45, 7) is 6.01. The van der Waals surface area contributed by atoms with E-state index in [4.69, 9.17) is 0 Å². The van der Waals surface area contributed by atoms with Gasteiger partial charge in [0.25, 0.3) is 0 Å². The Hall–Kier alpha value is -1.38. The third kappa shape index (κ3) is 3.31. The molecule has 1 aliphatic rings. The number of anilines is 1. The number of nitrogens with zero attached hydrogens (tertiary/aromatic N) is 1. The lowest BCUT2D eigenvalue weighted by Crippen LogP contribution is -2.28. The van der Waals surface area contributed by atoms with E-state index in [1.54, 1.807) is 19.2 Å². The zero-order chi connectivity index (χ0) is 13.7. The zero-order valence-electron chi connectivity index (χ0n) is 11.7. The highest BCUT2D eigenvalue weighted by atomic mass is 19.1. The number of benzene rings is 1. The van der Waals surface area contributed by atoms with Crippen molar-refractivity contribution in [2.24, 2.45) is 5.92 Å². The maximum Gasteiger partial charge on any atom is 0.229 e. The van der Waals surface area contributed by atoms with Gasteiger partial charge in [-0.3, -0.25) is 4.79 Å². The van der Waals surface area contributed by atoms with Crippen molar-refractivity contribution < 1.29 is 9.18 Å². The molecule has 1 amide bonds. The molecule has 1 aromatic carbocycles. The molecular weight excluding hydrogens is 229 g/mol. The quantitative estimate of drug-likeness (QED) is 0.800. The Morgan fingerprint density at radius 3 is 2.50 bits per heavy atom. The molecule has 0 N–H and O–H groups in total. The van der Waals surface area contributed by atoms with Gasteiger partial charge in [-0.25, -0.2) is 4.39 Å². The van der Waals surface area contributed by atoms with Crippen LogP contribution in [0.4, 0.5) is 10.1 Å². The molecule has 0 spiro atoms. The van der Waals surface area contributed by atoms with Crippen molar-refractivity contribution in [3.8, 4) is 0 Å². The Bertz CT molecular complexity index is 413. The highest BCUT2D eigenvalue weighted by Crippen LogP contribution is 2.33. The molecule has 0 bridgehead atoms. The van der Waals surface area contributed by atoms with Gasteiger partial charge in [0.1, 0.15) is 5.82 Å². The van der Waals surface area contributed by atoms with Crippen LogP contribution in [0.25, 0.3) is 0 Å². The lowest BCUT2D eigenvalue weighted by molar-refractivity contribution is -0.119. The van der Waals surface area contributed by atoms with Gasteiger partial charge in [-0.1, -0.05) is 26.8 Å². The molecule has 1 fully saturated rings. The number of hydrogen-bond acceptors (Lipinski definition) is 1. The van der Waals surface area contributed by atoms with Crippen molar-refractivity contribution in [1.29, 1.82) is 0 Å². The summed E-state index contributed by atoms with van der Waals surface area (Å²) in [6, 6.07) is 4.95. The summed E-state index contributed by atoms with van der Waals surface area (Å²) in [6.07, 6.45) is 2.73. The van der Waals surface area contributed by atoms with Gasteiger partial charge in [0.15, 0.2) is 0 Å². The molecule has 0 radical (unpaired) electrons. The maximum absolute atomic E-state index is 13.6. The topological polar surface area (TPSA) is 20.3 Å². The lowest BCUT2D eigenvalue weighted by Gasteiger charge is -2.18. The van der Waals surface area contributed by atoms with Crippen LogP contribution >= 0.6 is 0 Å². The van der Waals surface area contributed by atoms with E-state index in [1.807, 2.05) is 20.8 Å². The predicted molar refractivity (Wildman–Crippen MR) is 73.3 cm³/mol. The van der Waals surface area contributed by atoms with E-state index < -0.39 is 0 Å². The van der Waals surface area contributed by atoms with Crippen molar-refractivity contribution in [3.05, 3.63) is 29.6 Å². The largest absolute Gasteiger partial charge is 0.313 e. The zero-order valence-corrected chi connectivity index (χ0v) is 11.7. The predicted octanol–water partition coefficient (Wildman–Crippen LogP) is 3.79. The summed E-state index contributed by atoms with van der Waals surface area (Å²) >= 11 is 0. The van der Waals surface area contributed by atoms with Crippen molar-refractivity contribution >= 4 is 11.6 Å². The third-order valence-corrected chi connectivity index (χ3v) is 3.04. The number of amides is 1. The van der Waals surface area contributed by atoms with E-state index in [0.717, 1.165) is 24.8 Å². The Morgan fingerprint density at radius 2 is 2.00 bits per heavy atom. The smallest absolute Gasteiger partial charge is 0.229 e. The van der Waals surface area contributed by atoms with Crippen LogP contribution in [0.2, 0.25) is 0 Å². The number of aryl methyl sites for hydroxylation is 1. The number of carbonyl (C=O) groups is 1. The Balaban J connectivity index is 0.000000771. The van der Waals surface area contributed by atoms with Crippen LogP contribution in [0, 0.1) is 11.7 Å². The third-order valence-electron chi connectivity index (χ3n) is 3.04. The molecule has 3 heteroatoms. The van der Waals surface area contributed by atoms with Crippen molar-refractivity contribution in [3.63, 3.8) is 0 Å². The molecule has 18 heavy (non-hydrogen) atoms. The van der Waals surface area contributed by atoms with Crippen molar-refractivity contribution in [1.82, 2.24) is 0 Å². The molecule has 2 rings (SSSR count). The molecule has 1 aliphatic carbocycles. The van der Waals surface area contributed by atoms with E-state index in [0.29, 0.717) is 5.69 Å². The van der Waals surface area contributed by atoms with Gasteiger partial charge in [-0.15, -0.1) is 0 Å². The first-order valence-corrected chi connectivity index (χ1v) is 6.69. The summed E-state index contributed by atoms with van der Waals surface area (Å²) in [5.74, 6) is -0.171. The van der Waals surface area contributed by atoms with Crippen LogP contribution in [0.5, 0.6) is 0 Å². The monoisotopic (exact) mass is 251 g/mol. The Labute approximate surface area is 109 Å². The molecule has 2 nitrogen and oxygen atoms in total. The van der Waals surface area contributed by atoms with Crippen LogP contribution in [0.15, 0.2) is 18.2 Å². The van der Waals surface area contributed by atoms with Gasteiger partial charge in [-0.05, 0) is 37.0 Å². The van der Waals surface area contributed by atoms with E-state index >= 15 is 0 Å². The van der Waals surface area contributed by atoms with E-state index in [-0.39, 0.29) is 17.6 Å². The fourth-order valence-corrected chi connectivity index (χ4v) is 1.76. The van der Waals surface area contributed by atoms with E-state index in [1.165, 1.54) is 11.0 Å². The fraction of sp³-hybridized carbons (Fsp3) is 0.533. The Morgan fingerprint density at radius 1 is 1.39 bits per heavy atom. The van der Waals surface area contributed by atoms with E-state index in [9.17, 15) is 9.18 Å². The molecule has 0 aromatic heterocycles.